The first-order valence-electron chi connectivity index (χ1n) is 12.4. The van der Waals surface area contributed by atoms with Crippen LogP contribution in [-0.4, -0.2) is 0 Å². The van der Waals surface area contributed by atoms with Crippen molar-refractivity contribution < 1.29 is 0 Å². The molecule has 2 aliphatic carbocycles. The van der Waals surface area contributed by atoms with Crippen LogP contribution >= 0.6 is 0 Å². The average Bonchev–Trinajstić information content (AvgIpc) is 3.43. The maximum Gasteiger partial charge on any atom is 0.0311 e. The van der Waals surface area contributed by atoms with Crippen molar-refractivity contribution in [3.63, 3.8) is 0 Å². The van der Waals surface area contributed by atoms with Crippen LogP contribution in [0.5, 0.6) is 0 Å². The molecular formula is C33H30. The molecule has 0 bridgehead atoms. The third-order valence-electron chi connectivity index (χ3n) is 7.50. The van der Waals surface area contributed by atoms with Crippen molar-refractivity contribution in [1.29, 1.82) is 0 Å². The fourth-order valence-corrected chi connectivity index (χ4v) is 5.95. The van der Waals surface area contributed by atoms with Crippen LogP contribution in [0.25, 0.3) is 28.3 Å². The molecule has 1 unspecified atom stereocenters. The van der Waals surface area contributed by atoms with Crippen LogP contribution in [-0.2, 0) is 6.42 Å². The first kappa shape index (κ1) is 20.2. The van der Waals surface area contributed by atoms with Gasteiger partial charge in [-0.15, -0.1) is 0 Å². The van der Waals surface area contributed by atoms with E-state index in [0.29, 0.717) is 5.92 Å². The van der Waals surface area contributed by atoms with Crippen molar-refractivity contribution in [2.24, 2.45) is 0 Å². The number of hydrogen-bond donors (Lipinski definition) is 0. The van der Waals surface area contributed by atoms with Gasteiger partial charge in [-0.05, 0) is 69.3 Å². The van der Waals surface area contributed by atoms with Crippen LogP contribution in [0.3, 0.4) is 0 Å². The molecule has 2 aliphatic rings. The lowest BCUT2D eigenvalue weighted by Gasteiger charge is -2.21. The van der Waals surface area contributed by atoms with Gasteiger partial charge in [0.1, 0.15) is 0 Å². The Labute approximate surface area is 197 Å². The van der Waals surface area contributed by atoms with Crippen LogP contribution < -0.4 is 0 Å². The molecule has 4 aromatic rings. The minimum Gasteiger partial charge on any atom is -0.0654 e. The number of unbranched alkanes of at least 4 members (excludes halogenated alkanes) is 2. The summed E-state index contributed by atoms with van der Waals surface area (Å²) < 4.78 is 0. The summed E-state index contributed by atoms with van der Waals surface area (Å²) in [6, 6.07) is 33.7. The molecule has 6 rings (SSSR count). The third kappa shape index (κ3) is 3.45. The maximum absolute atomic E-state index is 2.53. The molecule has 0 spiro atoms. The monoisotopic (exact) mass is 426 g/mol. The summed E-state index contributed by atoms with van der Waals surface area (Å²) >= 11 is 0. The van der Waals surface area contributed by atoms with Crippen LogP contribution in [0.4, 0.5) is 0 Å². The van der Waals surface area contributed by atoms with Gasteiger partial charge in [0.15, 0.2) is 0 Å². The lowest BCUT2D eigenvalue weighted by molar-refractivity contribution is 0.696. The van der Waals surface area contributed by atoms with Gasteiger partial charge in [-0.3, -0.25) is 0 Å². The van der Waals surface area contributed by atoms with Crippen molar-refractivity contribution in [2.45, 2.75) is 44.9 Å². The van der Waals surface area contributed by atoms with E-state index in [1.54, 1.807) is 5.57 Å². The Balaban J connectivity index is 1.50. The van der Waals surface area contributed by atoms with Crippen LogP contribution in [0.1, 0.15) is 66.3 Å². The Kier molecular flexibility index (Phi) is 5.23. The first-order valence-corrected chi connectivity index (χ1v) is 12.4. The molecule has 0 nitrogen and oxygen atoms in total. The SMILES string of the molecule is CCCCCC1=Cc2c(-c3ccccc3)cccc2C1c1cccc2c1Cc1ccccc1-2. The summed E-state index contributed by atoms with van der Waals surface area (Å²) in [6.07, 6.45) is 8.58. The second-order valence-corrected chi connectivity index (χ2v) is 9.49. The van der Waals surface area contributed by atoms with Gasteiger partial charge in [0.25, 0.3) is 0 Å². The minimum atomic E-state index is 0.366. The van der Waals surface area contributed by atoms with E-state index in [1.165, 1.54) is 75.8 Å². The molecule has 0 amide bonds. The summed E-state index contributed by atoms with van der Waals surface area (Å²) in [7, 11) is 0. The Bertz CT molecular complexity index is 1340. The fraction of sp³-hybridized carbons (Fsp3) is 0.212. The van der Waals surface area contributed by atoms with E-state index in [2.05, 4.69) is 104 Å². The van der Waals surface area contributed by atoms with Crippen LogP contribution in [0.15, 0.2) is 96.6 Å². The van der Waals surface area contributed by atoms with Crippen molar-refractivity contribution in [3.05, 3.63) is 124 Å². The van der Waals surface area contributed by atoms with Gasteiger partial charge < -0.3 is 0 Å². The highest BCUT2D eigenvalue weighted by Gasteiger charge is 2.32. The predicted molar refractivity (Wildman–Crippen MR) is 141 cm³/mol. The van der Waals surface area contributed by atoms with E-state index >= 15 is 0 Å². The Morgan fingerprint density at radius 2 is 1.39 bits per heavy atom. The Hall–Kier alpha value is -3.38. The average molecular weight is 427 g/mol. The van der Waals surface area contributed by atoms with Gasteiger partial charge in [0.05, 0.1) is 0 Å². The number of hydrogen-bond acceptors (Lipinski definition) is 0. The predicted octanol–water partition coefficient (Wildman–Crippen LogP) is 9.03. The molecule has 0 saturated carbocycles. The topological polar surface area (TPSA) is 0 Å². The highest BCUT2D eigenvalue weighted by Crippen LogP contribution is 2.50. The number of rotatable bonds is 6. The zero-order valence-corrected chi connectivity index (χ0v) is 19.4. The third-order valence-corrected chi connectivity index (χ3v) is 7.50. The van der Waals surface area contributed by atoms with Crippen molar-refractivity contribution in [1.82, 2.24) is 0 Å². The first-order chi connectivity index (χ1) is 16.3. The highest BCUT2D eigenvalue weighted by atomic mass is 14.4. The van der Waals surface area contributed by atoms with E-state index in [4.69, 9.17) is 0 Å². The van der Waals surface area contributed by atoms with E-state index in [0.717, 1.165) is 6.42 Å². The maximum atomic E-state index is 2.53. The molecule has 0 radical (unpaired) electrons. The van der Waals surface area contributed by atoms with Crippen LogP contribution in [0.2, 0.25) is 0 Å². The lowest BCUT2D eigenvalue weighted by atomic mass is 9.82. The fourth-order valence-electron chi connectivity index (χ4n) is 5.95. The molecule has 0 saturated heterocycles. The van der Waals surface area contributed by atoms with Crippen LogP contribution in [0, 0.1) is 0 Å². The molecule has 0 N–H and O–H groups in total. The summed E-state index contributed by atoms with van der Waals surface area (Å²) in [6.45, 7) is 2.30. The van der Waals surface area contributed by atoms with E-state index in [1.807, 2.05) is 0 Å². The standard InChI is InChI=1S/C33H30/c1-2-3-5-15-25-22-31-26(23-12-6-4-7-13-23)17-10-19-29(31)33(25)30-20-11-18-28-27-16-9-8-14-24(27)21-32(28)30/h4,6-14,16-20,22,33H,2-3,5,15,21H2,1H3. The smallest absolute Gasteiger partial charge is 0.0311 e. The molecule has 0 fully saturated rings. The largest absolute Gasteiger partial charge is 0.0654 e. The number of allylic oxidation sites excluding steroid dienone is 1. The van der Waals surface area contributed by atoms with Gasteiger partial charge in [-0.1, -0.05) is 122 Å². The summed E-state index contributed by atoms with van der Waals surface area (Å²) in [5.74, 6) is 0.366. The molecule has 0 aromatic heterocycles. The van der Waals surface area contributed by atoms with Gasteiger partial charge >= 0.3 is 0 Å². The quantitative estimate of drug-likeness (QED) is 0.238. The molecule has 162 valence electrons. The van der Waals surface area contributed by atoms with Gasteiger partial charge in [-0.2, -0.15) is 0 Å². The van der Waals surface area contributed by atoms with Crippen molar-refractivity contribution in [2.75, 3.05) is 0 Å². The normalized spacial score (nSPS) is 15.7. The van der Waals surface area contributed by atoms with Gasteiger partial charge in [0.2, 0.25) is 0 Å². The molecule has 1 atom stereocenters. The minimum absolute atomic E-state index is 0.366. The zero-order chi connectivity index (χ0) is 22.2. The highest BCUT2D eigenvalue weighted by molar-refractivity contribution is 5.85. The molecule has 0 heteroatoms. The van der Waals surface area contributed by atoms with Crippen molar-refractivity contribution in [3.8, 4) is 22.3 Å². The van der Waals surface area contributed by atoms with Gasteiger partial charge in [0, 0.05) is 5.92 Å². The molecule has 0 heterocycles. The van der Waals surface area contributed by atoms with E-state index < -0.39 is 0 Å². The summed E-state index contributed by atoms with van der Waals surface area (Å²) in [4.78, 5) is 0. The molecule has 4 aromatic carbocycles. The molecule has 33 heavy (non-hydrogen) atoms. The molecular weight excluding hydrogens is 396 g/mol. The van der Waals surface area contributed by atoms with E-state index in [9.17, 15) is 0 Å². The summed E-state index contributed by atoms with van der Waals surface area (Å²) in [5, 5.41) is 0. The van der Waals surface area contributed by atoms with Gasteiger partial charge in [-0.25, -0.2) is 0 Å². The lowest BCUT2D eigenvalue weighted by Crippen LogP contribution is -2.05. The Morgan fingerprint density at radius 3 is 2.24 bits per heavy atom. The zero-order valence-electron chi connectivity index (χ0n) is 19.4. The second-order valence-electron chi connectivity index (χ2n) is 9.49. The van der Waals surface area contributed by atoms with E-state index in [-0.39, 0.29) is 0 Å². The number of benzene rings is 4. The second kappa shape index (κ2) is 8.52. The molecule has 0 aliphatic heterocycles. The van der Waals surface area contributed by atoms with Crippen molar-refractivity contribution >= 4 is 6.08 Å². The Morgan fingerprint density at radius 1 is 0.667 bits per heavy atom. The summed E-state index contributed by atoms with van der Waals surface area (Å²) in [5.41, 5.74) is 14.5. The number of fused-ring (bicyclic) bond motifs is 4.